The molecule has 1 fully saturated rings. The fourth-order valence-electron chi connectivity index (χ4n) is 3.66. The average molecular weight is 354 g/mol. The van der Waals surface area contributed by atoms with Gasteiger partial charge in [-0.3, -0.25) is 4.79 Å². The largest absolute Gasteiger partial charge is 0.496 e. The minimum absolute atomic E-state index is 0.105. The molecule has 2 atom stereocenters. The van der Waals surface area contributed by atoms with E-state index in [1.54, 1.807) is 31.4 Å². The summed E-state index contributed by atoms with van der Waals surface area (Å²) in [5.74, 6) is 1.64. The molecule has 0 saturated carbocycles. The molecule has 6 heteroatoms. The highest BCUT2D eigenvalue weighted by atomic mass is 16.6. The molecule has 0 bridgehead atoms. The lowest BCUT2D eigenvalue weighted by molar-refractivity contribution is 0.127. The molecule has 3 heterocycles. The Morgan fingerprint density at radius 2 is 1.92 bits per heavy atom. The van der Waals surface area contributed by atoms with Crippen molar-refractivity contribution in [1.29, 1.82) is 0 Å². The lowest BCUT2D eigenvalue weighted by atomic mass is 9.98. The van der Waals surface area contributed by atoms with Crippen molar-refractivity contribution in [2.75, 3.05) is 20.8 Å². The van der Waals surface area contributed by atoms with E-state index in [9.17, 15) is 4.79 Å². The van der Waals surface area contributed by atoms with Crippen molar-refractivity contribution in [2.45, 2.75) is 25.0 Å². The van der Waals surface area contributed by atoms with E-state index in [4.69, 9.17) is 23.4 Å². The zero-order valence-electron chi connectivity index (χ0n) is 14.8. The number of epoxide rings is 1. The highest BCUT2D eigenvalue weighted by Crippen LogP contribution is 2.46. The first-order valence-corrected chi connectivity index (χ1v) is 8.50. The molecule has 1 unspecified atom stereocenters. The quantitative estimate of drug-likeness (QED) is 0.532. The molecule has 2 aliphatic heterocycles. The van der Waals surface area contributed by atoms with Crippen molar-refractivity contribution in [3.63, 3.8) is 0 Å². The topological polar surface area (TPSA) is 70.4 Å². The number of hydrogen-bond donors (Lipinski definition) is 0. The molecule has 0 amide bonds. The molecule has 2 aromatic carbocycles. The minimum atomic E-state index is -0.284. The summed E-state index contributed by atoms with van der Waals surface area (Å²) in [7, 11) is 3.09. The first-order valence-electron chi connectivity index (χ1n) is 8.50. The van der Waals surface area contributed by atoms with Gasteiger partial charge < -0.3 is 23.4 Å². The number of fused-ring (bicyclic) bond motifs is 4. The van der Waals surface area contributed by atoms with Gasteiger partial charge in [0.05, 0.1) is 26.2 Å². The van der Waals surface area contributed by atoms with Crippen molar-refractivity contribution in [3.8, 4) is 17.2 Å². The Bertz CT molecular complexity index is 1110. The summed E-state index contributed by atoms with van der Waals surface area (Å²) in [6.45, 7) is 2.69. The van der Waals surface area contributed by atoms with Crippen LogP contribution in [0.3, 0.4) is 0 Å². The van der Waals surface area contributed by atoms with Gasteiger partial charge in [0.2, 0.25) is 5.43 Å². The van der Waals surface area contributed by atoms with Gasteiger partial charge in [0.25, 0.3) is 0 Å². The maximum absolute atomic E-state index is 13.2. The van der Waals surface area contributed by atoms with Gasteiger partial charge in [-0.15, -0.1) is 0 Å². The van der Waals surface area contributed by atoms with E-state index >= 15 is 0 Å². The molecule has 0 N–H and O–H groups in total. The Kier molecular flexibility index (Phi) is 3.07. The molecule has 0 radical (unpaired) electrons. The maximum Gasteiger partial charge on any atom is 0.204 e. The molecule has 1 saturated heterocycles. The maximum atomic E-state index is 13.2. The van der Waals surface area contributed by atoms with Gasteiger partial charge >= 0.3 is 0 Å². The van der Waals surface area contributed by atoms with E-state index in [-0.39, 0.29) is 17.1 Å². The molecule has 0 spiro atoms. The van der Waals surface area contributed by atoms with Crippen molar-refractivity contribution >= 4 is 21.9 Å². The van der Waals surface area contributed by atoms with E-state index < -0.39 is 0 Å². The summed E-state index contributed by atoms with van der Waals surface area (Å²) >= 11 is 0. The van der Waals surface area contributed by atoms with Crippen LogP contribution in [0.25, 0.3) is 21.9 Å². The number of hydrogen-bond acceptors (Lipinski definition) is 6. The monoisotopic (exact) mass is 354 g/mol. The van der Waals surface area contributed by atoms with Crippen LogP contribution in [-0.2, 0) is 11.2 Å². The normalized spacial score (nSPS) is 23.7. The third-order valence-electron chi connectivity index (χ3n) is 5.34. The van der Waals surface area contributed by atoms with Crippen LogP contribution in [0.4, 0.5) is 0 Å². The van der Waals surface area contributed by atoms with Crippen LogP contribution in [0.1, 0.15) is 12.5 Å². The molecular weight excluding hydrogens is 336 g/mol. The van der Waals surface area contributed by atoms with E-state index in [0.29, 0.717) is 52.2 Å². The van der Waals surface area contributed by atoms with Gasteiger partial charge in [-0.05, 0) is 19.1 Å². The third-order valence-corrected chi connectivity index (χ3v) is 5.34. The van der Waals surface area contributed by atoms with Crippen LogP contribution in [0.2, 0.25) is 0 Å². The number of ether oxygens (including phenoxy) is 4. The SMILES string of the molecule is COc1cccc2c(=O)c3c(OC)cc4c(c3oc12)CC([C@@]1(C)CO1)O4. The number of benzene rings is 2. The zero-order valence-corrected chi connectivity index (χ0v) is 14.8. The molecule has 134 valence electrons. The first-order chi connectivity index (χ1) is 12.6. The van der Waals surface area contributed by atoms with Crippen molar-refractivity contribution in [3.05, 3.63) is 40.1 Å². The molecule has 0 aliphatic carbocycles. The van der Waals surface area contributed by atoms with E-state index in [0.717, 1.165) is 5.56 Å². The summed E-state index contributed by atoms with van der Waals surface area (Å²) in [6.07, 6.45) is 0.516. The second-order valence-electron chi connectivity index (χ2n) is 6.94. The Balaban J connectivity index is 1.85. The van der Waals surface area contributed by atoms with Gasteiger partial charge in [-0.2, -0.15) is 0 Å². The second kappa shape index (κ2) is 5.14. The van der Waals surface area contributed by atoms with Gasteiger partial charge in [0, 0.05) is 18.1 Å². The van der Waals surface area contributed by atoms with Crippen LogP contribution in [0.5, 0.6) is 17.2 Å². The predicted molar refractivity (Wildman–Crippen MR) is 95.6 cm³/mol. The lowest BCUT2D eigenvalue weighted by Gasteiger charge is -2.14. The molecular formula is C20H18O6. The molecule has 1 aromatic heterocycles. The zero-order chi connectivity index (χ0) is 18.1. The van der Waals surface area contributed by atoms with Gasteiger partial charge in [-0.25, -0.2) is 0 Å². The van der Waals surface area contributed by atoms with Crippen LogP contribution in [-0.4, -0.2) is 32.5 Å². The first kappa shape index (κ1) is 15.5. The van der Waals surface area contributed by atoms with Gasteiger partial charge in [0.15, 0.2) is 11.3 Å². The predicted octanol–water partition coefficient (Wildman–Crippen LogP) is 3.06. The Labute approximate surface area is 149 Å². The van der Waals surface area contributed by atoms with Crippen molar-refractivity contribution in [1.82, 2.24) is 0 Å². The fraction of sp³-hybridized carbons (Fsp3) is 0.350. The minimum Gasteiger partial charge on any atom is -0.496 e. The highest BCUT2D eigenvalue weighted by Gasteiger charge is 2.51. The van der Waals surface area contributed by atoms with E-state index in [1.165, 1.54) is 7.11 Å². The van der Waals surface area contributed by atoms with Crippen LogP contribution in [0, 0.1) is 0 Å². The lowest BCUT2D eigenvalue weighted by Crippen LogP contribution is -2.30. The molecule has 2 aliphatic rings. The number of methoxy groups -OCH3 is 2. The summed E-state index contributed by atoms with van der Waals surface area (Å²) in [5.41, 5.74) is 1.37. The van der Waals surface area contributed by atoms with Crippen LogP contribution < -0.4 is 19.6 Å². The Hall–Kier alpha value is -2.73. The van der Waals surface area contributed by atoms with E-state index in [1.807, 2.05) is 6.92 Å². The average Bonchev–Trinajstić information content (AvgIpc) is 3.25. The standard InChI is InChI=1S/C20H18O6/c1-20(9-24-20)15-7-11-13(25-15)8-14(23-3)16-17(21)10-5-4-6-12(22-2)18(10)26-19(11)16/h4-6,8,15H,7,9H2,1-3H3/t15?,20-/m1/s1. The molecule has 6 nitrogen and oxygen atoms in total. The van der Waals surface area contributed by atoms with Crippen molar-refractivity contribution < 1.29 is 23.4 Å². The van der Waals surface area contributed by atoms with Crippen molar-refractivity contribution in [2.24, 2.45) is 0 Å². The Morgan fingerprint density at radius 3 is 2.62 bits per heavy atom. The summed E-state index contributed by atoms with van der Waals surface area (Å²) in [4.78, 5) is 13.2. The fourth-order valence-corrected chi connectivity index (χ4v) is 3.66. The summed E-state index contributed by atoms with van der Waals surface area (Å²) < 4.78 is 28.7. The Morgan fingerprint density at radius 1 is 1.15 bits per heavy atom. The molecule has 26 heavy (non-hydrogen) atoms. The van der Waals surface area contributed by atoms with Gasteiger partial charge in [0.1, 0.15) is 34.2 Å². The number of rotatable bonds is 3. The van der Waals surface area contributed by atoms with Crippen LogP contribution in [0.15, 0.2) is 33.5 Å². The summed E-state index contributed by atoms with van der Waals surface area (Å²) in [6, 6.07) is 7.05. The van der Waals surface area contributed by atoms with Gasteiger partial charge in [-0.1, -0.05) is 6.07 Å². The highest BCUT2D eigenvalue weighted by molar-refractivity contribution is 5.97. The second-order valence-corrected chi connectivity index (χ2v) is 6.94. The number of para-hydroxylation sites is 1. The molecule has 5 rings (SSSR count). The van der Waals surface area contributed by atoms with Crippen LogP contribution >= 0.6 is 0 Å². The smallest absolute Gasteiger partial charge is 0.204 e. The molecule has 3 aromatic rings. The van der Waals surface area contributed by atoms with E-state index in [2.05, 4.69) is 0 Å². The third kappa shape index (κ3) is 1.99. The summed E-state index contributed by atoms with van der Waals surface area (Å²) in [5, 5.41) is 0.890.